The van der Waals surface area contributed by atoms with E-state index < -0.39 is 6.23 Å². The summed E-state index contributed by atoms with van der Waals surface area (Å²) in [6, 6.07) is 20.5. The molecule has 0 aromatic heterocycles. The highest BCUT2D eigenvalue weighted by Gasteiger charge is 2.41. The van der Waals surface area contributed by atoms with E-state index >= 15 is 0 Å². The molecule has 6 heteroatoms. The number of fused-ring (bicyclic) bond motifs is 4. The quantitative estimate of drug-likeness (QED) is 0.615. The van der Waals surface area contributed by atoms with Gasteiger partial charge in [-0.15, -0.1) is 0 Å². The molecule has 2 unspecified atom stereocenters. The molecule has 0 radical (unpaired) electrons. The van der Waals surface area contributed by atoms with Crippen LogP contribution in [0.3, 0.4) is 0 Å². The Bertz CT molecular complexity index is 1160. The predicted octanol–water partition coefficient (Wildman–Crippen LogP) is 4.84. The highest BCUT2D eigenvalue weighted by Crippen LogP contribution is 2.48. The minimum atomic E-state index is -0.624. The van der Waals surface area contributed by atoms with Crippen LogP contribution in [0.4, 0.5) is 4.39 Å². The fourth-order valence-electron chi connectivity index (χ4n) is 4.31. The zero-order chi connectivity index (χ0) is 20.1. The highest BCUT2D eigenvalue weighted by atomic mass is 19.1. The second-order valence-electron chi connectivity index (χ2n) is 7.53. The largest absolute Gasteiger partial charge is 0.486 e. The summed E-state index contributed by atoms with van der Waals surface area (Å²) < 4.78 is 32.2. The second-order valence-corrected chi connectivity index (χ2v) is 7.53. The number of ether oxygens (including phenoxy) is 3. The molecule has 0 fully saturated rings. The van der Waals surface area contributed by atoms with Crippen LogP contribution in [0.5, 0.6) is 17.2 Å². The zero-order valence-corrected chi connectivity index (χ0v) is 16.1. The third kappa shape index (κ3) is 2.71. The number of halogens is 1. The smallest absolute Gasteiger partial charge is 0.216 e. The summed E-state index contributed by atoms with van der Waals surface area (Å²) in [7, 11) is 0. The SMILES string of the molecule is Fc1ccccc1C1Oc2ccccc2C2CC(c3ccc4c(c3)OCCO4)=NN21. The van der Waals surface area contributed by atoms with Crippen molar-refractivity contribution in [2.45, 2.75) is 18.7 Å². The first-order chi connectivity index (χ1) is 14.8. The number of benzene rings is 3. The molecule has 2 atom stereocenters. The first-order valence-corrected chi connectivity index (χ1v) is 10.0. The molecule has 5 nitrogen and oxygen atoms in total. The Balaban J connectivity index is 1.43. The molecule has 0 saturated heterocycles. The fourth-order valence-corrected chi connectivity index (χ4v) is 4.31. The third-order valence-electron chi connectivity index (χ3n) is 5.75. The summed E-state index contributed by atoms with van der Waals surface area (Å²) in [5, 5.41) is 6.77. The molecular formula is C24H19FN2O3. The molecular weight excluding hydrogens is 383 g/mol. The molecule has 0 spiro atoms. The van der Waals surface area contributed by atoms with Crippen LogP contribution in [0.15, 0.2) is 71.8 Å². The molecule has 0 aliphatic carbocycles. The van der Waals surface area contributed by atoms with Gasteiger partial charge in [0.15, 0.2) is 11.5 Å². The van der Waals surface area contributed by atoms with Crippen molar-refractivity contribution in [1.82, 2.24) is 5.01 Å². The van der Waals surface area contributed by atoms with Gasteiger partial charge in [-0.2, -0.15) is 5.10 Å². The molecule has 0 saturated carbocycles. The van der Waals surface area contributed by atoms with Crippen molar-refractivity contribution < 1.29 is 18.6 Å². The van der Waals surface area contributed by atoms with E-state index in [2.05, 4.69) is 0 Å². The lowest BCUT2D eigenvalue weighted by atomic mass is 9.95. The van der Waals surface area contributed by atoms with Crippen molar-refractivity contribution in [3.8, 4) is 17.2 Å². The Morgan fingerprint density at radius 1 is 0.833 bits per heavy atom. The van der Waals surface area contributed by atoms with Gasteiger partial charge in [0.05, 0.1) is 17.3 Å². The van der Waals surface area contributed by atoms with Crippen LogP contribution < -0.4 is 14.2 Å². The van der Waals surface area contributed by atoms with E-state index in [-0.39, 0.29) is 11.9 Å². The molecule has 3 heterocycles. The van der Waals surface area contributed by atoms with Gasteiger partial charge in [0.1, 0.15) is 24.8 Å². The van der Waals surface area contributed by atoms with Gasteiger partial charge in [-0.25, -0.2) is 9.40 Å². The van der Waals surface area contributed by atoms with Crippen molar-refractivity contribution in [2.75, 3.05) is 13.2 Å². The zero-order valence-electron chi connectivity index (χ0n) is 16.1. The minimum Gasteiger partial charge on any atom is -0.486 e. The Hall–Kier alpha value is -3.54. The van der Waals surface area contributed by atoms with Gasteiger partial charge in [0, 0.05) is 17.5 Å². The summed E-state index contributed by atoms with van der Waals surface area (Å²) in [6.45, 7) is 1.09. The molecule has 30 heavy (non-hydrogen) atoms. The lowest BCUT2D eigenvalue weighted by Gasteiger charge is -2.38. The fraction of sp³-hybridized carbons (Fsp3) is 0.208. The first kappa shape index (κ1) is 17.3. The maximum absolute atomic E-state index is 14.6. The summed E-state index contributed by atoms with van der Waals surface area (Å²) in [5.74, 6) is 1.95. The van der Waals surface area contributed by atoms with E-state index in [1.165, 1.54) is 6.07 Å². The molecule has 0 N–H and O–H groups in total. The van der Waals surface area contributed by atoms with Crippen LogP contribution in [-0.4, -0.2) is 23.9 Å². The van der Waals surface area contributed by atoms with Gasteiger partial charge in [-0.3, -0.25) is 0 Å². The summed E-state index contributed by atoms with van der Waals surface area (Å²) >= 11 is 0. The van der Waals surface area contributed by atoms with Gasteiger partial charge >= 0.3 is 0 Å². The third-order valence-corrected chi connectivity index (χ3v) is 5.75. The average molecular weight is 402 g/mol. The van der Waals surface area contributed by atoms with Crippen LogP contribution in [0.1, 0.15) is 35.4 Å². The normalized spacial score (nSPS) is 21.4. The van der Waals surface area contributed by atoms with Crippen LogP contribution in [0, 0.1) is 5.82 Å². The number of rotatable bonds is 2. The van der Waals surface area contributed by atoms with E-state index in [0.717, 1.165) is 34.1 Å². The van der Waals surface area contributed by atoms with Crippen LogP contribution in [0.2, 0.25) is 0 Å². The lowest BCUT2D eigenvalue weighted by molar-refractivity contribution is -0.0212. The topological polar surface area (TPSA) is 43.3 Å². The molecule has 150 valence electrons. The van der Waals surface area contributed by atoms with Crippen LogP contribution in [-0.2, 0) is 0 Å². The van der Waals surface area contributed by atoms with E-state index in [1.54, 1.807) is 12.1 Å². The Morgan fingerprint density at radius 2 is 1.60 bits per heavy atom. The maximum atomic E-state index is 14.6. The van der Waals surface area contributed by atoms with Crippen molar-refractivity contribution in [1.29, 1.82) is 0 Å². The van der Waals surface area contributed by atoms with E-state index in [0.29, 0.717) is 25.2 Å². The molecule has 3 aliphatic rings. The van der Waals surface area contributed by atoms with Gasteiger partial charge < -0.3 is 14.2 Å². The highest BCUT2D eigenvalue weighted by molar-refractivity contribution is 6.02. The summed E-state index contributed by atoms with van der Waals surface area (Å²) in [4.78, 5) is 0. The second kappa shape index (κ2) is 6.76. The molecule has 6 rings (SSSR count). The Kier molecular flexibility index (Phi) is 3.91. The van der Waals surface area contributed by atoms with Crippen LogP contribution in [0.25, 0.3) is 0 Å². The van der Waals surface area contributed by atoms with Crippen molar-refractivity contribution in [3.05, 3.63) is 89.2 Å². The molecule has 3 aromatic rings. The summed E-state index contributed by atoms with van der Waals surface area (Å²) in [5.41, 5.74) is 3.42. The number of hydrazone groups is 1. The van der Waals surface area contributed by atoms with Gasteiger partial charge in [0.2, 0.25) is 6.23 Å². The number of nitrogens with zero attached hydrogens (tertiary/aromatic N) is 2. The maximum Gasteiger partial charge on any atom is 0.216 e. The predicted molar refractivity (Wildman–Crippen MR) is 109 cm³/mol. The van der Waals surface area contributed by atoms with Gasteiger partial charge in [0.25, 0.3) is 0 Å². The van der Waals surface area contributed by atoms with E-state index in [1.807, 2.05) is 53.5 Å². The molecule has 0 bridgehead atoms. The minimum absolute atomic E-state index is 0.0252. The van der Waals surface area contributed by atoms with Crippen molar-refractivity contribution in [3.63, 3.8) is 0 Å². The molecule has 0 amide bonds. The molecule has 3 aliphatic heterocycles. The van der Waals surface area contributed by atoms with Gasteiger partial charge in [-0.05, 0) is 30.3 Å². The van der Waals surface area contributed by atoms with Crippen molar-refractivity contribution in [2.24, 2.45) is 5.10 Å². The van der Waals surface area contributed by atoms with Crippen molar-refractivity contribution >= 4 is 5.71 Å². The number of hydrogen-bond acceptors (Lipinski definition) is 5. The van der Waals surface area contributed by atoms with E-state index in [4.69, 9.17) is 19.3 Å². The van der Waals surface area contributed by atoms with Gasteiger partial charge in [-0.1, -0.05) is 36.4 Å². The molecule has 3 aromatic carbocycles. The monoisotopic (exact) mass is 402 g/mol. The number of para-hydroxylation sites is 1. The first-order valence-electron chi connectivity index (χ1n) is 10.0. The number of hydrogen-bond donors (Lipinski definition) is 0. The Morgan fingerprint density at radius 3 is 2.47 bits per heavy atom. The average Bonchev–Trinajstić information content (AvgIpc) is 3.24. The summed E-state index contributed by atoms with van der Waals surface area (Å²) in [6.07, 6.45) is 0.0751. The Labute approximate surface area is 173 Å². The standard InChI is InChI=1S/C24H19FN2O3/c25-18-7-3-1-5-16(18)24-27-20(17-6-2-4-8-21(17)30-24)14-19(26-27)15-9-10-22-23(13-15)29-12-11-28-22/h1-10,13,20,24H,11-12,14H2. The van der Waals surface area contributed by atoms with Crippen LogP contribution >= 0.6 is 0 Å². The van der Waals surface area contributed by atoms with E-state index in [9.17, 15) is 4.39 Å². The lowest BCUT2D eigenvalue weighted by Crippen LogP contribution is -2.34.